The maximum Gasteiger partial charge on any atom is 0.192 e. The highest BCUT2D eigenvalue weighted by atomic mass is 28.4. The molecule has 0 aliphatic rings. The molecule has 102 valence electrons. The van der Waals surface area contributed by atoms with Gasteiger partial charge in [-0.15, -0.1) is 0 Å². The van der Waals surface area contributed by atoms with Crippen LogP contribution >= 0.6 is 0 Å². The molecule has 0 radical (unpaired) electrons. The molecule has 0 unspecified atom stereocenters. The fourth-order valence-corrected chi connectivity index (χ4v) is 2.82. The molecule has 0 amide bonds. The average Bonchev–Trinajstić information content (AvgIpc) is 1.97. The standard InChI is InChI=1S/C14H30O2Si/c1-11(15)10-12(13(2,3)4)16-17(8,9)14(5,6)7/h12H,10H2,1-9H3/t12-/m0/s1. The summed E-state index contributed by atoms with van der Waals surface area (Å²) in [6, 6.07) is 0. The summed E-state index contributed by atoms with van der Waals surface area (Å²) >= 11 is 0. The van der Waals surface area contributed by atoms with Crippen molar-refractivity contribution >= 4 is 14.1 Å². The van der Waals surface area contributed by atoms with Gasteiger partial charge in [0.05, 0.1) is 6.10 Å². The van der Waals surface area contributed by atoms with Crippen LogP contribution in [0.25, 0.3) is 0 Å². The van der Waals surface area contributed by atoms with Crippen LogP contribution in [0.1, 0.15) is 54.9 Å². The Morgan fingerprint density at radius 1 is 1.12 bits per heavy atom. The quantitative estimate of drug-likeness (QED) is 0.699. The zero-order chi connectivity index (χ0) is 14.1. The van der Waals surface area contributed by atoms with E-state index >= 15 is 0 Å². The molecule has 3 heteroatoms. The summed E-state index contributed by atoms with van der Waals surface area (Å²) in [7, 11) is -1.80. The van der Waals surface area contributed by atoms with Crippen LogP contribution in [0.4, 0.5) is 0 Å². The Kier molecular flexibility index (Phi) is 5.18. The Morgan fingerprint density at radius 3 is 1.76 bits per heavy atom. The topological polar surface area (TPSA) is 26.3 Å². The molecule has 0 aromatic rings. The van der Waals surface area contributed by atoms with Gasteiger partial charge in [-0.2, -0.15) is 0 Å². The van der Waals surface area contributed by atoms with E-state index in [0.717, 1.165) is 0 Å². The fraction of sp³-hybridized carbons (Fsp3) is 0.929. The molecule has 0 bridgehead atoms. The monoisotopic (exact) mass is 258 g/mol. The minimum atomic E-state index is -1.80. The van der Waals surface area contributed by atoms with Crippen molar-refractivity contribution in [3.05, 3.63) is 0 Å². The van der Waals surface area contributed by atoms with Gasteiger partial charge in [0.15, 0.2) is 8.32 Å². The summed E-state index contributed by atoms with van der Waals surface area (Å²) in [4.78, 5) is 11.4. The summed E-state index contributed by atoms with van der Waals surface area (Å²) in [5.74, 6) is 0.212. The number of Topliss-reactive ketones (excluding diaryl/α,β-unsaturated/α-hetero) is 1. The van der Waals surface area contributed by atoms with Gasteiger partial charge in [-0.25, -0.2) is 0 Å². The molecule has 1 atom stereocenters. The summed E-state index contributed by atoms with van der Waals surface area (Å²) in [5.41, 5.74) is 0.0151. The molecule has 17 heavy (non-hydrogen) atoms. The van der Waals surface area contributed by atoms with Crippen LogP contribution < -0.4 is 0 Å². The minimum absolute atomic E-state index is 0.0151. The van der Waals surface area contributed by atoms with Crippen molar-refractivity contribution < 1.29 is 9.22 Å². The van der Waals surface area contributed by atoms with Crippen LogP contribution in [0.5, 0.6) is 0 Å². The van der Waals surface area contributed by atoms with Gasteiger partial charge < -0.3 is 4.43 Å². The summed E-state index contributed by atoms with van der Waals surface area (Å²) in [6.07, 6.45) is 0.552. The molecule has 0 saturated heterocycles. The van der Waals surface area contributed by atoms with Gasteiger partial charge in [-0.3, -0.25) is 4.79 Å². The second kappa shape index (κ2) is 5.23. The number of rotatable bonds is 4. The van der Waals surface area contributed by atoms with Gasteiger partial charge >= 0.3 is 0 Å². The number of ketones is 1. The van der Waals surface area contributed by atoms with Crippen LogP contribution in [0, 0.1) is 5.41 Å². The molecule has 0 rings (SSSR count). The average molecular weight is 258 g/mol. The highest BCUT2D eigenvalue weighted by Crippen LogP contribution is 2.40. The number of carbonyl (C=O) groups is 1. The second-order valence-electron chi connectivity index (χ2n) is 7.64. The van der Waals surface area contributed by atoms with E-state index in [0.29, 0.717) is 6.42 Å². The van der Waals surface area contributed by atoms with E-state index in [2.05, 4.69) is 54.6 Å². The molecule has 0 fully saturated rings. The minimum Gasteiger partial charge on any atom is -0.413 e. The van der Waals surface area contributed by atoms with E-state index in [1.807, 2.05) is 0 Å². The van der Waals surface area contributed by atoms with Crippen molar-refractivity contribution in [3.8, 4) is 0 Å². The van der Waals surface area contributed by atoms with Crippen LogP contribution in [0.3, 0.4) is 0 Å². The van der Waals surface area contributed by atoms with Crippen molar-refractivity contribution in [1.29, 1.82) is 0 Å². The normalized spacial score (nSPS) is 15.8. The van der Waals surface area contributed by atoms with Gasteiger partial charge in [0, 0.05) is 6.42 Å². The first-order valence-electron chi connectivity index (χ1n) is 6.44. The molecule has 0 spiro atoms. The maximum atomic E-state index is 11.4. The summed E-state index contributed by atoms with van der Waals surface area (Å²) in [5, 5.41) is 0.188. The Morgan fingerprint density at radius 2 is 1.53 bits per heavy atom. The van der Waals surface area contributed by atoms with Crippen LogP contribution in [-0.4, -0.2) is 20.2 Å². The zero-order valence-corrected chi connectivity index (χ0v) is 14.1. The Bertz CT molecular complexity index is 269. The molecule has 0 aliphatic carbocycles. The van der Waals surface area contributed by atoms with Gasteiger partial charge in [0.25, 0.3) is 0 Å². The van der Waals surface area contributed by atoms with E-state index in [-0.39, 0.29) is 22.3 Å². The SMILES string of the molecule is CC(=O)C[C@H](O[Si](C)(C)C(C)(C)C)C(C)(C)C. The first kappa shape index (κ1) is 16.8. The number of hydrogen-bond acceptors (Lipinski definition) is 2. The summed E-state index contributed by atoms with van der Waals surface area (Å²) in [6.45, 7) is 19.3. The van der Waals surface area contributed by atoms with Crippen molar-refractivity contribution in [1.82, 2.24) is 0 Å². The van der Waals surface area contributed by atoms with Crippen molar-refractivity contribution in [2.75, 3.05) is 0 Å². The lowest BCUT2D eigenvalue weighted by Gasteiger charge is -2.43. The zero-order valence-electron chi connectivity index (χ0n) is 13.1. The van der Waals surface area contributed by atoms with E-state index < -0.39 is 8.32 Å². The van der Waals surface area contributed by atoms with Crippen LogP contribution in [-0.2, 0) is 9.22 Å². The third kappa shape index (κ3) is 5.34. The van der Waals surface area contributed by atoms with Crippen molar-refractivity contribution in [2.45, 2.75) is 79.1 Å². The Balaban J connectivity index is 4.94. The predicted octanol–water partition coefficient (Wildman–Crippen LogP) is 4.40. The molecule has 2 nitrogen and oxygen atoms in total. The molecule has 0 saturated carbocycles. The van der Waals surface area contributed by atoms with Gasteiger partial charge in [-0.1, -0.05) is 41.5 Å². The number of hydrogen-bond donors (Lipinski definition) is 0. The lowest BCUT2D eigenvalue weighted by molar-refractivity contribution is -0.120. The molecular weight excluding hydrogens is 228 g/mol. The highest BCUT2D eigenvalue weighted by molar-refractivity contribution is 6.74. The van der Waals surface area contributed by atoms with E-state index in [1.165, 1.54) is 0 Å². The number of carbonyl (C=O) groups excluding carboxylic acids is 1. The third-order valence-corrected chi connectivity index (χ3v) is 8.17. The largest absolute Gasteiger partial charge is 0.413 e. The Hall–Kier alpha value is -0.153. The predicted molar refractivity (Wildman–Crippen MR) is 76.8 cm³/mol. The molecule has 0 N–H and O–H groups in total. The Labute approximate surface area is 108 Å². The maximum absolute atomic E-state index is 11.4. The first-order valence-corrected chi connectivity index (χ1v) is 9.35. The van der Waals surface area contributed by atoms with Crippen molar-refractivity contribution in [2.24, 2.45) is 5.41 Å². The van der Waals surface area contributed by atoms with E-state index in [4.69, 9.17) is 4.43 Å². The first-order chi connectivity index (χ1) is 7.27. The molecule has 0 heterocycles. The molecule has 0 aliphatic heterocycles. The lowest BCUT2D eigenvalue weighted by atomic mass is 9.86. The third-order valence-electron chi connectivity index (χ3n) is 3.68. The lowest BCUT2D eigenvalue weighted by Crippen LogP contribution is -2.47. The van der Waals surface area contributed by atoms with Gasteiger partial charge in [0.2, 0.25) is 0 Å². The van der Waals surface area contributed by atoms with Gasteiger partial charge in [0.1, 0.15) is 5.78 Å². The van der Waals surface area contributed by atoms with Crippen LogP contribution in [0.2, 0.25) is 18.1 Å². The molecule has 0 aromatic carbocycles. The van der Waals surface area contributed by atoms with E-state index in [9.17, 15) is 4.79 Å². The molecule has 0 aromatic heterocycles. The highest BCUT2D eigenvalue weighted by Gasteiger charge is 2.41. The summed E-state index contributed by atoms with van der Waals surface area (Å²) < 4.78 is 6.40. The molecular formula is C14H30O2Si. The van der Waals surface area contributed by atoms with Gasteiger partial charge in [-0.05, 0) is 30.5 Å². The smallest absolute Gasteiger partial charge is 0.192 e. The fourth-order valence-electron chi connectivity index (χ4n) is 1.32. The van der Waals surface area contributed by atoms with Crippen molar-refractivity contribution in [3.63, 3.8) is 0 Å². The van der Waals surface area contributed by atoms with E-state index in [1.54, 1.807) is 6.92 Å². The van der Waals surface area contributed by atoms with Crippen LogP contribution in [0.15, 0.2) is 0 Å². The second-order valence-corrected chi connectivity index (χ2v) is 12.4.